The highest BCUT2D eigenvalue weighted by atomic mass is 35.5. The SMILES string of the molecule is COc1cc(/C=N/NC(=O)COc2n[nH]c(-c3ccc(Cl)cc3)c2-c2ccc(C)cc2)ccc1O. The van der Waals surface area contributed by atoms with E-state index in [2.05, 4.69) is 20.7 Å². The number of amides is 1. The average molecular weight is 491 g/mol. The van der Waals surface area contributed by atoms with Gasteiger partial charge in [0.05, 0.1) is 24.6 Å². The molecule has 0 aliphatic heterocycles. The second-order valence-corrected chi connectivity index (χ2v) is 8.10. The molecule has 0 aliphatic rings. The maximum absolute atomic E-state index is 12.3. The molecule has 1 heterocycles. The first-order chi connectivity index (χ1) is 16.9. The topological polar surface area (TPSA) is 109 Å². The van der Waals surface area contributed by atoms with Crippen LogP contribution in [0.15, 0.2) is 71.8 Å². The Morgan fingerprint density at radius 1 is 1.11 bits per heavy atom. The Bertz CT molecular complexity index is 1350. The lowest BCUT2D eigenvalue weighted by molar-refractivity contribution is -0.123. The quantitative estimate of drug-likeness (QED) is 0.239. The summed E-state index contributed by atoms with van der Waals surface area (Å²) in [6.45, 7) is 1.72. The molecule has 0 radical (unpaired) electrons. The van der Waals surface area contributed by atoms with Gasteiger partial charge < -0.3 is 14.6 Å². The minimum absolute atomic E-state index is 0.0171. The maximum Gasteiger partial charge on any atom is 0.278 e. The van der Waals surface area contributed by atoms with Crippen molar-refractivity contribution in [3.8, 4) is 39.8 Å². The zero-order chi connectivity index (χ0) is 24.8. The lowest BCUT2D eigenvalue weighted by Crippen LogP contribution is -2.24. The predicted molar refractivity (Wildman–Crippen MR) is 135 cm³/mol. The van der Waals surface area contributed by atoms with Gasteiger partial charge in [-0.05, 0) is 48.4 Å². The number of carbonyl (C=O) groups excluding carboxylic acids is 1. The normalized spacial score (nSPS) is 10.9. The van der Waals surface area contributed by atoms with Gasteiger partial charge in [-0.1, -0.05) is 53.6 Å². The number of H-pyrrole nitrogens is 1. The molecule has 35 heavy (non-hydrogen) atoms. The summed E-state index contributed by atoms with van der Waals surface area (Å²) in [4.78, 5) is 12.3. The van der Waals surface area contributed by atoms with Crippen LogP contribution in [0.25, 0.3) is 22.4 Å². The number of ether oxygens (including phenoxy) is 2. The number of halogens is 1. The Balaban J connectivity index is 1.49. The summed E-state index contributed by atoms with van der Waals surface area (Å²) in [6.07, 6.45) is 1.44. The molecule has 1 amide bonds. The van der Waals surface area contributed by atoms with Crippen molar-refractivity contribution >= 4 is 23.7 Å². The molecular weight excluding hydrogens is 468 g/mol. The van der Waals surface area contributed by atoms with Crippen LogP contribution in [0.4, 0.5) is 0 Å². The van der Waals surface area contributed by atoms with E-state index in [1.807, 2.05) is 43.3 Å². The summed E-state index contributed by atoms with van der Waals surface area (Å²) in [5, 5.41) is 21.5. The molecule has 0 spiro atoms. The highest BCUT2D eigenvalue weighted by Gasteiger charge is 2.19. The van der Waals surface area contributed by atoms with Gasteiger partial charge >= 0.3 is 0 Å². The molecule has 4 aromatic rings. The monoisotopic (exact) mass is 490 g/mol. The largest absolute Gasteiger partial charge is 0.504 e. The van der Waals surface area contributed by atoms with Gasteiger partial charge in [0, 0.05) is 10.6 Å². The summed E-state index contributed by atoms with van der Waals surface area (Å²) in [5.74, 6) is 0.157. The van der Waals surface area contributed by atoms with E-state index < -0.39 is 5.91 Å². The van der Waals surface area contributed by atoms with E-state index in [0.29, 0.717) is 22.2 Å². The number of carbonyl (C=O) groups is 1. The van der Waals surface area contributed by atoms with Gasteiger partial charge in [-0.3, -0.25) is 9.89 Å². The van der Waals surface area contributed by atoms with Crippen molar-refractivity contribution in [3.63, 3.8) is 0 Å². The number of benzene rings is 3. The van der Waals surface area contributed by atoms with Crippen LogP contribution < -0.4 is 14.9 Å². The Labute approximate surface area is 207 Å². The second kappa shape index (κ2) is 10.8. The number of nitrogens with zero attached hydrogens (tertiary/aromatic N) is 2. The number of phenolic OH excluding ortho intramolecular Hbond substituents is 1. The fourth-order valence-corrected chi connectivity index (χ4v) is 3.49. The van der Waals surface area contributed by atoms with E-state index in [1.54, 1.807) is 24.3 Å². The minimum Gasteiger partial charge on any atom is -0.504 e. The third-order valence-corrected chi connectivity index (χ3v) is 5.40. The molecule has 0 saturated heterocycles. The first-order valence-electron chi connectivity index (χ1n) is 10.7. The second-order valence-electron chi connectivity index (χ2n) is 7.66. The number of nitrogens with one attached hydrogen (secondary N) is 2. The molecule has 0 fully saturated rings. The number of rotatable bonds is 8. The summed E-state index contributed by atoms with van der Waals surface area (Å²) in [7, 11) is 1.45. The predicted octanol–water partition coefficient (Wildman–Crippen LogP) is 4.95. The van der Waals surface area contributed by atoms with Crippen molar-refractivity contribution in [2.45, 2.75) is 6.92 Å². The highest BCUT2D eigenvalue weighted by Crippen LogP contribution is 2.37. The Morgan fingerprint density at radius 3 is 2.54 bits per heavy atom. The smallest absolute Gasteiger partial charge is 0.278 e. The van der Waals surface area contributed by atoms with Crippen LogP contribution in [0.3, 0.4) is 0 Å². The molecule has 0 bridgehead atoms. The van der Waals surface area contributed by atoms with Crippen LogP contribution >= 0.6 is 11.6 Å². The van der Waals surface area contributed by atoms with E-state index >= 15 is 0 Å². The molecule has 0 aliphatic carbocycles. The lowest BCUT2D eigenvalue weighted by atomic mass is 10.0. The standard InChI is InChI=1S/C26H23ClN4O4/c1-16-3-6-18(7-4-16)24-25(19-8-10-20(27)11-9-19)30-31-26(24)35-15-23(33)29-28-14-17-5-12-21(32)22(13-17)34-2/h3-14,32H,15H2,1-2H3,(H,29,33)(H,30,31)/b28-14+. The summed E-state index contributed by atoms with van der Waals surface area (Å²) in [5.41, 5.74) is 7.44. The third-order valence-electron chi connectivity index (χ3n) is 5.15. The highest BCUT2D eigenvalue weighted by molar-refractivity contribution is 6.30. The van der Waals surface area contributed by atoms with Crippen molar-refractivity contribution in [3.05, 3.63) is 82.9 Å². The van der Waals surface area contributed by atoms with Crippen LogP contribution in [-0.4, -0.2) is 41.1 Å². The van der Waals surface area contributed by atoms with E-state index in [-0.39, 0.29) is 12.4 Å². The number of hydrogen-bond acceptors (Lipinski definition) is 6. The molecule has 0 saturated carbocycles. The summed E-state index contributed by atoms with van der Waals surface area (Å²) in [6, 6.07) is 20.0. The average Bonchev–Trinajstić information content (AvgIpc) is 3.28. The van der Waals surface area contributed by atoms with Crippen LogP contribution in [0.5, 0.6) is 17.4 Å². The van der Waals surface area contributed by atoms with E-state index in [1.165, 1.54) is 19.4 Å². The van der Waals surface area contributed by atoms with E-state index in [9.17, 15) is 9.90 Å². The van der Waals surface area contributed by atoms with Crippen LogP contribution in [0.1, 0.15) is 11.1 Å². The maximum atomic E-state index is 12.3. The molecule has 0 atom stereocenters. The van der Waals surface area contributed by atoms with Gasteiger partial charge in [0.25, 0.3) is 5.91 Å². The molecular formula is C26H23ClN4O4. The molecule has 3 N–H and O–H groups in total. The van der Waals surface area contributed by atoms with Crippen LogP contribution in [-0.2, 0) is 4.79 Å². The lowest BCUT2D eigenvalue weighted by Gasteiger charge is -2.08. The number of aromatic nitrogens is 2. The zero-order valence-electron chi connectivity index (χ0n) is 19.1. The first-order valence-corrected chi connectivity index (χ1v) is 11.1. The van der Waals surface area contributed by atoms with Gasteiger partial charge in [0.1, 0.15) is 0 Å². The number of aromatic hydroxyl groups is 1. The van der Waals surface area contributed by atoms with Gasteiger partial charge in [0.2, 0.25) is 5.88 Å². The number of phenols is 1. The molecule has 4 rings (SSSR count). The number of hydrogen-bond donors (Lipinski definition) is 3. The zero-order valence-corrected chi connectivity index (χ0v) is 19.8. The minimum atomic E-state index is -0.460. The Hall–Kier alpha value is -4.30. The third kappa shape index (κ3) is 5.80. The Kier molecular flexibility index (Phi) is 7.32. The number of hydrazone groups is 1. The van der Waals surface area contributed by atoms with Gasteiger partial charge in [-0.25, -0.2) is 5.43 Å². The van der Waals surface area contributed by atoms with E-state index in [4.69, 9.17) is 21.1 Å². The molecule has 0 unspecified atom stereocenters. The molecule has 8 nitrogen and oxygen atoms in total. The Morgan fingerprint density at radius 2 is 1.83 bits per heavy atom. The molecule has 178 valence electrons. The molecule has 1 aromatic heterocycles. The summed E-state index contributed by atoms with van der Waals surface area (Å²) < 4.78 is 10.8. The van der Waals surface area contributed by atoms with Crippen LogP contribution in [0.2, 0.25) is 5.02 Å². The van der Waals surface area contributed by atoms with E-state index in [0.717, 1.165) is 27.9 Å². The van der Waals surface area contributed by atoms with Crippen molar-refractivity contribution in [1.29, 1.82) is 0 Å². The number of aryl methyl sites for hydroxylation is 1. The van der Waals surface area contributed by atoms with Gasteiger partial charge in [0.15, 0.2) is 18.1 Å². The van der Waals surface area contributed by atoms with Crippen molar-refractivity contribution < 1.29 is 19.4 Å². The fraction of sp³-hybridized carbons (Fsp3) is 0.115. The van der Waals surface area contributed by atoms with Gasteiger partial charge in [-0.15, -0.1) is 5.10 Å². The van der Waals surface area contributed by atoms with Crippen LogP contribution in [0, 0.1) is 6.92 Å². The number of aromatic amines is 1. The fourth-order valence-electron chi connectivity index (χ4n) is 3.36. The van der Waals surface area contributed by atoms with Crippen molar-refractivity contribution in [1.82, 2.24) is 15.6 Å². The molecule has 9 heteroatoms. The first kappa shape index (κ1) is 23.8. The van der Waals surface area contributed by atoms with Gasteiger partial charge in [-0.2, -0.15) is 5.10 Å². The molecule has 3 aromatic carbocycles. The van der Waals surface area contributed by atoms with Crippen molar-refractivity contribution in [2.24, 2.45) is 5.10 Å². The van der Waals surface area contributed by atoms with Crippen molar-refractivity contribution in [2.75, 3.05) is 13.7 Å². The summed E-state index contributed by atoms with van der Waals surface area (Å²) >= 11 is 6.04. The number of methoxy groups -OCH3 is 1.